The van der Waals surface area contributed by atoms with Gasteiger partial charge in [-0.1, -0.05) is 6.92 Å². The Balaban J connectivity index is 2.46. The second kappa shape index (κ2) is 6.86. The summed E-state index contributed by atoms with van der Waals surface area (Å²) in [4.78, 5) is 14.1. The largest absolute Gasteiger partial charge is 0.396 e. The van der Waals surface area contributed by atoms with Gasteiger partial charge >= 0.3 is 0 Å². The molecule has 0 bridgehead atoms. The number of carbonyl (C=O) groups excluding carboxylic acids is 1. The molecule has 0 saturated carbocycles. The molecule has 94 valence electrons. The first-order valence-electron chi connectivity index (χ1n) is 6.32. The monoisotopic (exact) mass is 228 g/mol. The number of nitrogens with two attached hydrogens (primary N) is 1. The number of aliphatic hydroxyl groups excluding tert-OH is 1. The van der Waals surface area contributed by atoms with E-state index in [0.29, 0.717) is 12.6 Å². The van der Waals surface area contributed by atoms with Crippen molar-refractivity contribution in [1.29, 1.82) is 0 Å². The molecular formula is C12H24N2O2. The maximum absolute atomic E-state index is 12.1. The lowest BCUT2D eigenvalue weighted by Gasteiger charge is -2.27. The molecule has 1 saturated heterocycles. The molecule has 0 aromatic heterocycles. The Bertz CT molecular complexity index is 221. The molecule has 0 aliphatic carbocycles. The fraction of sp³-hybridized carbons (Fsp3) is 0.917. The van der Waals surface area contributed by atoms with Crippen molar-refractivity contribution in [3.63, 3.8) is 0 Å². The minimum atomic E-state index is 0.0414. The van der Waals surface area contributed by atoms with Crippen molar-refractivity contribution in [1.82, 2.24) is 4.90 Å². The molecule has 1 aliphatic rings. The average molecular weight is 228 g/mol. The van der Waals surface area contributed by atoms with E-state index in [1.165, 1.54) is 0 Å². The predicted molar refractivity (Wildman–Crippen MR) is 63.9 cm³/mol. The van der Waals surface area contributed by atoms with E-state index in [-0.39, 0.29) is 18.4 Å². The Morgan fingerprint density at radius 1 is 1.62 bits per heavy atom. The summed E-state index contributed by atoms with van der Waals surface area (Å²) >= 11 is 0. The molecule has 1 aliphatic heterocycles. The van der Waals surface area contributed by atoms with Crippen LogP contribution in [0.3, 0.4) is 0 Å². The molecule has 1 rings (SSSR count). The van der Waals surface area contributed by atoms with Crippen molar-refractivity contribution in [2.75, 3.05) is 19.7 Å². The van der Waals surface area contributed by atoms with Crippen molar-refractivity contribution in [3.8, 4) is 0 Å². The topological polar surface area (TPSA) is 66.6 Å². The van der Waals surface area contributed by atoms with Gasteiger partial charge in [0.2, 0.25) is 5.91 Å². The van der Waals surface area contributed by atoms with Gasteiger partial charge in [-0.05, 0) is 38.6 Å². The van der Waals surface area contributed by atoms with Crippen LogP contribution in [0.15, 0.2) is 0 Å². The van der Waals surface area contributed by atoms with Crippen LogP contribution in [0.2, 0.25) is 0 Å². The number of hydrogen-bond donors (Lipinski definition) is 2. The summed E-state index contributed by atoms with van der Waals surface area (Å²) in [6, 6.07) is 0.347. The molecule has 16 heavy (non-hydrogen) atoms. The van der Waals surface area contributed by atoms with Crippen LogP contribution >= 0.6 is 0 Å². The molecular weight excluding hydrogens is 204 g/mol. The van der Waals surface area contributed by atoms with Gasteiger partial charge in [-0.2, -0.15) is 0 Å². The van der Waals surface area contributed by atoms with Crippen molar-refractivity contribution in [2.45, 2.75) is 45.1 Å². The van der Waals surface area contributed by atoms with Crippen LogP contribution in [-0.4, -0.2) is 41.7 Å². The molecule has 1 heterocycles. The Morgan fingerprint density at radius 2 is 2.38 bits per heavy atom. The zero-order valence-corrected chi connectivity index (χ0v) is 10.2. The number of hydrogen-bond acceptors (Lipinski definition) is 3. The first kappa shape index (κ1) is 13.5. The van der Waals surface area contributed by atoms with Crippen LogP contribution < -0.4 is 5.73 Å². The van der Waals surface area contributed by atoms with Crippen molar-refractivity contribution in [3.05, 3.63) is 0 Å². The van der Waals surface area contributed by atoms with E-state index in [1.807, 2.05) is 11.8 Å². The fourth-order valence-electron chi connectivity index (χ4n) is 2.41. The van der Waals surface area contributed by atoms with Crippen molar-refractivity contribution >= 4 is 5.91 Å². The van der Waals surface area contributed by atoms with Crippen LogP contribution in [-0.2, 0) is 4.79 Å². The van der Waals surface area contributed by atoms with Crippen LogP contribution in [0.5, 0.6) is 0 Å². The molecule has 1 fully saturated rings. The molecule has 3 N–H and O–H groups in total. The van der Waals surface area contributed by atoms with Crippen LogP contribution in [0, 0.1) is 5.92 Å². The predicted octanol–water partition coefficient (Wildman–Crippen LogP) is 0.735. The first-order chi connectivity index (χ1) is 7.70. The van der Waals surface area contributed by atoms with E-state index in [4.69, 9.17) is 10.8 Å². The van der Waals surface area contributed by atoms with Gasteiger partial charge in [-0.3, -0.25) is 4.79 Å². The van der Waals surface area contributed by atoms with Gasteiger partial charge in [0.05, 0.1) is 0 Å². The number of aliphatic hydroxyl groups is 1. The normalized spacial score (nSPS) is 22.4. The quantitative estimate of drug-likeness (QED) is 0.704. The lowest BCUT2D eigenvalue weighted by molar-refractivity contribution is -0.136. The zero-order valence-electron chi connectivity index (χ0n) is 10.2. The lowest BCUT2D eigenvalue weighted by atomic mass is 10.0. The summed E-state index contributed by atoms with van der Waals surface area (Å²) in [5.41, 5.74) is 5.48. The highest BCUT2D eigenvalue weighted by atomic mass is 16.3. The third-order valence-corrected chi connectivity index (χ3v) is 3.38. The Hall–Kier alpha value is -0.610. The highest BCUT2D eigenvalue weighted by Gasteiger charge is 2.30. The summed E-state index contributed by atoms with van der Waals surface area (Å²) < 4.78 is 0. The molecule has 1 amide bonds. The Morgan fingerprint density at radius 3 is 3.00 bits per heavy atom. The van der Waals surface area contributed by atoms with E-state index < -0.39 is 0 Å². The molecule has 2 atom stereocenters. The van der Waals surface area contributed by atoms with Gasteiger partial charge in [0.1, 0.15) is 0 Å². The van der Waals surface area contributed by atoms with E-state index in [1.54, 1.807) is 0 Å². The summed E-state index contributed by atoms with van der Waals surface area (Å²) in [5.74, 6) is 0.283. The highest BCUT2D eigenvalue weighted by Crippen LogP contribution is 2.23. The highest BCUT2D eigenvalue weighted by molar-refractivity contribution is 5.79. The minimum absolute atomic E-state index is 0.0414. The van der Waals surface area contributed by atoms with Gasteiger partial charge in [0.25, 0.3) is 0 Å². The molecule has 0 aromatic carbocycles. The van der Waals surface area contributed by atoms with E-state index in [0.717, 1.165) is 38.6 Å². The van der Waals surface area contributed by atoms with Crippen LogP contribution in [0.25, 0.3) is 0 Å². The SMILES string of the molecule is CC(CCN)C(=O)N1CCCC1CCCO. The molecule has 4 nitrogen and oxygen atoms in total. The molecule has 0 radical (unpaired) electrons. The summed E-state index contributed by atoms with van der Waals surface area (Å²) in [7, 11) is 0. The zero-order chi connectivity index (χ0) is 12.0. The van der Waals surface area contributed by atoms with Crippen molar-refractivity contribution < 1.29 is 9.90 Å². The second-order valence-corrected chi connectivity index (χ2v) is 4.67. The third kappa shape index (κ3) is 3.46. The summed E-state index contributed by atoms with van der Waals surface area (Å²) in [5, 5.41) is 8.82. The molecule has 4 heteroatoms. The summed E-state index contributed by atoms with van der Waals surface area (Å²) in [6.45, 7) is 3.62. The van der Waals surface area contributed by atoms with Crippen LogP contribution in [0.4, 0.5) is 0 Å². The fourth-order valence-corrected chi connectivity index (χ4v) is 2.41. The van der Waals surface area contributed by atoms with Gasteiger partial charge in [0.15, 0.2) is 0 Å². The lowest BCUT2D eigenvalue weighted by Crippen LogP contribution is -2.39. The maximum Gasteiger partial charge on any atom is 0.225 e. The second-order valence-electron chi connectivity index (χ2n) is 4.67. The Labute approximate surface area is 97.8 Å². The molecule has 2 unspecified atom stereocenters. The summed E-state index contributed by atoms with van der Waals surface area (Å²) in [6.07, 6.45) is 4.66. The number of likely N-dealkylation sites (tertiary alicyclic amines) is 1. The van der Waals surface area contributed by atoms with E-state index >= 15 is 0 Å². The molecule has 0 spiro atoms. The van der Waals surface area contributed by atoms with Gasteiger partial charge < -0.3 is 15.7 Å². The average Bonchev–Trinajstić information content (AvgIpc) is 2.73. The Kier molecular flexibility index (Phi) is 5.77. The number of carbonyl (C=O) groups is 1. The number of rotatable bonds is 6. The van der Waals surface area contributed by atoms with E-state index in [2.05, 4.69) is 0 Å². The smallest absolute Gasteiger partial charge is 0.225 e. The van der Waals surface area contributed by atoms with Gasteiger partial charge in [0, 0.05) is 25.1 Å². The number of amides is 1. The number of nitrogens with zero attached hydrogens (tertiary/aromatic N) is 1. The van der Waals surface area contributed by atoms with Crippen LogP contribution in [0.1, 0.15) is 39.0 Å². The minimum Gasteiger partial charge on any atom is -0.396 e. The first-order valence-corrected chi connectivity index (χ1v) is 6.32. The van der Waals surface area contributed by atoms with Crippen molar-refractivity contribution in [2.24, 2.45) is 11.7 Å². The molecule has 0 aromatic rings. The standard InChI is InChI=1S/C12H24N2O2/c1-10(6-7-13)12(16)14-8-2-4-11(14)5-3-9-15/h10-11,15H,2-9,13H2,1H3. The van der Waals surface area contributed by atoms with E-state index in [9.17, 15) is 4.79 Å². The van der Waals surface area contributed by atoms with Gasteiger partial charge in [-0.15, -0.1) is 0 Å². The van der Waals surface area contributed by atoms with Gasteiger partial charge in [-0.25, -0.2) is 0 Å². The third-order valence-electron chi connectivity index (χ3n) is 3.38. The maximum atomic E-state index is 12.1.